The first-order chi connectivity index (χ1) is 6.27. The lowest BCUT2D eigenvalue weighted by molar-refractivity contribution is -0.145. The molecule has 2 N–H and O–H groups in total. The van der Waals surface area contributed by atoms with Crippen LogP contribution in [-0.4, -0.2) is 23.2 Å². The molecule has 0 saturated carbocycles. The molecule has 0 amide bonds. The fourth-order valence-electron chi connectivity index (χ4n) is 1.31. The molecule has 0 fully saturated rings. The highest BCUT2D eigenvalue weighted by Gasteiger charge is 2.34. The summed E-state index contributed by atoms with van der Waals surface area (Å²) in [5.74, 6) is -0.744. The minimum absolute atomic E-state index is 0.116. The summed E-state index contributed by atoms with van der Waals surface area (Å²) in [5.41, 5.74) is -0.627. The Hall–Kier alpha value is -0.570. The molecule has 0 aromatic rings. The second-order valence-electron chi connectivity index (χ2n) is 5.01. The number of hydrogen-bond donors (Lipinski definition) is 2. The van der Waals surface area contributed by atoms with Crippen LogP contribution in [0.25, 0.3) is 0 Å². The zero-order valence-corrected chi connectivity index (χ0v) is 9.98. The van der Waals surface area contributed by atoms with Crippen molar-refractivity contribution in [3.8, 4) is 0 Å². The third-order valence-electron chi connectivity index (χ3n) is 2.57. The minimum atomic E-state index is -0.744. The SMILES string of the molecule is CCC(CC)(NCC(C)(C)C)C(=O)O. The van der Waals surface area contributed by atoms with Crippen LogP contribution in [0.1, 0.15) is 47.5 Å². The monoisotopic (exact) mass is 201 g/mol. The molecule has 0 aliphatic rings. The highest BCUT2D eigenvalue weighted by molar-refractivity contribution is 5.78. The Kier molecular flexibility index (Phi) is 4.59. The van der Waals surface area contributed by atoms with Gasteiger partial charge < -0.3 is 10.4 Å². The molecule has 0 aliphatic heterocycles. The number of nitrogens with one attached hydrogen (secondary N) is 1. The van der Waals surface area contributed by atoms with E-state index in [0.717, 1.165) is 6.54 Å². The molecule has 3 heteroatoms. The van der Waals surface area contributed by atoms with Crippen molar-refractivity contribution in [1.82, 2.24) is 5.32 Å². The molecule has 0 rings (SSSR count). The first-order valence-electron chi connectivity index (χ1n) is 5.26. The zero-order chi connectivity index (χ0) is 11.4. The minimum Gasteiger partial charge on any atom is -0.480 e. The van der Waals surface area contributed by atoms with E-state index in [1.165, 1.54) is 0 Å². The van der Waals surface area contributed by atoms with Gasteiger partial charge in [-0.2, -0.15) is 0 Å². The largest absolute Gasteiger partial charge is 0.480 e. The molecule has 0 unspecified atom stereocenters. The van der Waals surface area contributed by atoms with E-state index in [-0.39, 0.29) is 5.41 Å². The molecule has 0 aliphatic carbocycles. The smallest absolute Gasteiger partial charge is 0.323 e. The van der Waals surface area contributed by atoms with Crippen molar-refractivity contribution in [1.29, 1.82) is 0 Å². The Labute approximate surface area is 86.9 Å². The standard InChI is InChI=1S/C11H23NO2/c1-6-11(7-2,9(13)14)12-8-10(3,4)5/h12H,6-8H2,1-5H3,(H,13,14). The van der Waals surface area contributed by atoms with Gasteiger partial charge in [0.2, 0.25) is 0 Å². The van der Waals surface area contributed by atoms with Crippen LogP contribution in [0.15, 0.2) is 0 Å². The maximum atomic E-state index is 11.1. The number of carboxylic acids is 1. The summed E-state index contributed by atoms with van der Waals surface area (Å²) in [6.07, 6.45) is 1.24. The van der Waals surface area contributed by atoms with Crippen molar-refractivity contribution in [2.75, 3.05) is 6.54 Å². The van der Waals surface area contributed by atoms with E-state index in [1.54, 1.807) is 0 Å². The zero-order valence-electron chi connectivity index (χ0n) is 9.98. The molecule has 84 valence electrons. The molecule has 3 nitrogen and oxygen atoms in total. The Morgan fingerprint density at radius 1 is 1.21 bits per heavy atom. The second kappa shape index (κ2) is 4.78. The van der Waals surface area contributed by atoms with Gasteiger partial charge >= 0.3 is 5.97 Å². The highest BCUT2D eigenvalue weighted by Crippen LogP contribution is 2.19. The second-order valence-corrected chi connectivity index (χ2v) is 5.01. The molecule has 0 atom stereocenters. The van der Waals surface area contributed by atoms with Gasteiger partial charge in [-0.3, -0.25) is 4.79 Å². The van der Waals surface area contributed by atoms with Gasteiger partial charge in [-0.15, -0.1) is 0 Å². The number of hydrogen-bond acceptors (Lipinski definition) is 2. The maximum absolute atomic E-state index is 11.1. The third-order valence-corrected chi connectivity index (χ3v) is 2.57. The summed E-state index contributed by atoms with van der Waals surface area (Å²) < 4.78 is 0. The Morgan fingerprint density at radius 2 is 1.64 bits per heavy atom. The van der Waals surface area contributed by atoms with Crippen LogP contribution in [0.5, 0.6) is 0 Å². The van der Waals surface area contributed by atoms with Crippen LogP contribution in [0.3, 0.4) is 0 Å². The Bertz CT molecular complexity index is 190. The van der Waals surface area contributed by atoms with Gasteiger partial charge in [-0.25, -0.2) is 0 Å². The molecule has 0 radical (unpaired) electrons. The summed E-state index contributed by atoms with van der Waals surface area (Å²) in [6, 6.07) is 0. The summed E-state index contributed by atoms with van der Waals surface area (Å²) in [4.78, 5) is 11.1. The molecule has 14 heavy (non-hydrogen) atoms. The molecule has 0 saturated heterocycles. The van der Waals surface area contributed by atoms with Crippen molar-refractivity contribution >= 4 is 5.97 Å². The molecular formula is C11H23NO2. The fraction of sp³-hybridized carbons (Fsp3) is 0.909. The van der Waals surface area contributed by atoms with Crippen molar-refractivity contribution in [2.45, 2.75) is 53.0 Å². The van der Waals surface area contributed by atoms with Crippen LogP contribution < -0.4 is 5.32 Å². The van der Waals surface area contributed by atoms with E-state index in [4.69, 9.17) is 5.11 Å². The van der Waals surface area contributed by atoms with Crippen molar-refractivity contribution < 1.29 is 9.90 Å². The first-order valence-corrected chi connectivity index (χ1v) is 5.26. The lowest BCUT2D eigenvalue weighted by Crippen LogP contribution is -2.53. The Balaban J connectivity index is 4.45. The van der Waals surface area contributed by atoms with Gasteiger partial charge in [0.05, 0.1) is 0 Å². The van der Waals surface area contributed by atoms with E-state index in [2.05, 4.69) is 26.1 Å². The lowest BCUT2D eigenvalue weighted by atomic mass is 9.89. The average Bonchev–Trinajstić information content (AvgIpc) is 2.04. The molecular weight excluding hydrogens is 178 g/mol. The quantitative estimate of drug-likeness (QED) is 0.717. The highest BCUT2D eigenvalue weighted by atomic mass is 16.4. The number of carbonyl (C=O) groups is 1. The van der Waals surface area contributed by atoms with Crippen molar-refractivity contribution in [3.05, 3.63) is 0 Å². The van der Waals surface area contributed by atoms with Crippen LogP contribution in [-0.2, 0) is 4.79 Å². The Morgan fingerprint density at radius 3 is 1.86 bits per heavy atom. The summed E-state index contributed by atoms with van der Waals surface area (Å²) in [7, 11) is 0. The van der Waals surface area contributed by atoms with Gasteiger partial charge in [0, 0.05) is 6.54 Å². The van der Waals surface area contributed by atoms with E-state index in [9.17, 15) is 4.79 Å². The number of aliphatic carboxylic acids is 1. The van der Waals surface area contributed by atoms with E-state index in [1.807, 2.05) is 13.8 Å². The first kappa shape index (κ1) is 13.4. The van der Waals surface area contributed by atoms with Crippen molar-refractivity contribution in [2.24, 2.45) is 5.41 Å². The molecule has 0 aromatic heterocycles. The third kappa shape index (κ3) is 3.66. The fourth-order valence-corrected chi connectivity index (χ4v) is 1.31. The predicted molar refractivity (Wildman–Crippen MR) is 58.4 cm³/mol. The molecule has 0 bridgehead atoms. The van der Waals surface area contributed by atoms with Crippen LogP contribution in [0.2, 0.25) is 0 Å². The number of rotatable bonds is 5. The average molecular weight is 201 g/mol. The van der Waals surface area contributed by atoms with Crippen LogP contribution >= 0.6 is 0 Å². The summed E-state index contributed by atoms with van der Waals surface area (Å²) in [5, 5.41) is 12.3. The van der Waals surface area contributed by atoms with Gasteiger partial charge in [-0.05, 0) is 18.3 Å². The van der Waals surface area contributed by atoms with Crippen LogP contribution in [0, 0.1) is 5.41 Å². The normalized spacial score (nSPS) is 12.9. The summed E-state index contributed by atoms with van der Waals surface area (Å²) in [6.45, 7) is 10.8. The molecule has 0 aromatic carbocycles. The van der Waals surface area contributed by atoms with Crippen molar-refractivity contribution in [3.63, 3.8) is 0 Å². The van der Waals surface area contributed by atoms with Gasteiger partial charge in [-0.1, -0.05) is 34.6 Å². The van der Waals surface area contributed by atoms with E-state index in [0.29, 0.717) is 12.8 Å². The maximum Gasteiger partial charge on any atom is 0.323 e. The molecule has 0 heterocycles. The van der Waals surface area contributed by atoms with Gasteiger partial charge in [0.1, 0.15) is 5.54 Å². The summed E-state index contributed by atoms with van der Waals surface area (Å²) >= 11 is 0. The lowest BCUT2D eigenvalue weighted by Gasteiger charge is -2.32. The van der Waals surface area contributed by atoms with E-state index >= 15 is 0 Å². The predicted octanol–water partition coefficient (Wildman–Crippen LogP) is 2.27. The number of carboxylic acid groups (broad SMARTS) is 1. The van der Waals surface area contributed by atoms with Gasteiger partial charge in [0.15, 0.2) is 0 Å². The molecule has 0 spiro atoms. The van der Waals surface area contributed by atoms with E-state index < -0.39 is 11.5 Å². The van der Waals surface area contributed by atoms with Gasteiger partial charge in [0.25, 0.3) is 0 Å². The topological polar surface area (TPSA) is 49.3 Å². The van der Waals surface area contributed by atoms with Crippen LogP contribution in [0.4, 0.5) is 0 Å².